The molecule has 1 saturated heterocycles. The largest absolute Gasteiger partial charge is 0.496 e. The van der Waals surface area contributed by atoms with Crippen molar-refractivity contribution >= 4 is 16.6 Å². The smallest absolute Gasteiger partial charge is 0.266 e. The van der Waals surface area contributed by atoms with Gasteiger partial charge in [-0.1, -0.05) is 18.2 Å². The molecule has 2 aromatic heterocycles. The van der Waals surface area contributed by atoms with Crippen molar-refractivity contribution in [1.29, 1.82) is 0 Å². The third kappa shape index (κ3) is 3.96. The lowest BCUT2D eigenvalue weighted by atomic mass is 10.0. The number of nitrogens with one attached hydrogen (secondary N) is 1. The maximum Gasteiger partial charge on any atom is 0.266 e. The minimum Gasteiger partial charge on any atom is -0.496 e. The number of rotatable bonds is 7. The van der Waals surface area contributed by atoms with E-state index in [9.17, 15) is 13.2 Å². The van der Waals surface area contributed by atoms with Gasteiger partial charge < -0.3 is 14.8 Å². The first-order valence-electron chi connectivity index (χ1n) is 10.9. The molecule has 9 heteroatoms. The number of aromatic nitrogens is 3. The van der Waals surface area contributed by atoms with Gasteiger partial charge in [-0.25, -0.2) is 13.2 Å². The average Bonchev–Trinajstić information content (AvgIpc) is 3.26. The first kappa shape index (κ1) is 22.2. The predicted octanol–water partition coefficient (Wildman–Crippen LogP) is 5.93. The summed E-state index contributed by atoms with van der Waals surface area (Å²) in [5.74, 6) is -0.254. The lowest BCUT2D eigenvalue weighted by Crippen LogP contribution is -2.30. The lowest BCUT2D eigenvalue weighted by Gasteiger charge is -2.25. The average molecular weight is 468 g/mol. The van der Waals surface area contributed by atoms with E-state index in [2.05, 4.69) is 15.4 Å². The Morgan fingerprint density at radius 1 is 1.18 bits per heavy atom. The molecular formula is C25H23F3N4O2. The van der Waals surface area contributed by atoms with E-state index in [4.69, 9.17) is 9.47 Å². The summed E-state index contributed by atoms with van der Waals surface area (Å²) < 4.78 is 53.8. The molecule has 0 aliphatic carbocycles. The van der Waals surface area contributed by atoms with E-state index < -0.39 is 23.8 Å². The second-order valence-corrected chi connectivity index (χ2v) is 8.25. The Morgan fingerprint density at radius 2 is 1.97 bits per heavy atom. The van der Waals surface area contributed by atoms with Gasteiger partial charge in [0.05, 0.1) is 49.7 Å². The number of halogens is 3. The number of methoxy groups -OCH3 is 1. The summed E-state index contributed by atoms with van der Waals surface area (Å²) in [5, 5.41) is 8.51. The van der Waals surface area contributed by atoms with Gasteiger partial charge in [0.15, 0.2) is 0 Å². The fourth-order valence-electron chi connectivity index (χ4n) is 4.13. The molecule has 3 heterocycles. The monoisotopic (exact) mass is 468 g/mol. The van der Waals surface area contributed by atoms with Crippen LogP contribution in [-0.2, 0) is 4.74 Å². The minimum absolute atomic E-state index is 0.167. The molecule has 0 radical (unpaired) electrons. The highest BCUT2D eigenvalue weighted by atomic mass is 19.3. The van der Waals surface area contributed by atoms with Gasteiger partial charge in [-0.05, 0) is 19.1 Å². The number of nitrogens with zero attached hydrogens (tertiary/aromatic N) is 3. The van der Waals surface area contributed by atoms with Crippen LogP contribution in [0.2, 0.25) is 0 Å². The molecule has 1 aliphatic rings. The zero-order valence-corrected chi connectivity index (χ0v) is 18.6. The van der Waals surface area contributed by atoms with Crippen molar-refractivity contribution in [1.82, 2.24) is 14.8 Å². The highest BCUT2D eigenvalue weighted by molar-refractivity contribution is 5.96. The van der Waals surface area contributed by atoms with Crippen LogP contribution in [0.1, 0.15) is 36.6 Å². The van der Waals surface area contributed by atoms with Crippen molar-refractivity contribution in [2.24, 2.45) is 0 Å². The van der Waals surface area contributed by atoms with Crippen LogP contribution in [0.3, 0.4) is 0 Å². The molecule has 5 rings (SSSR count). The fraction of sp³-hybridized carbons (Fsp3) is 0.280. The Bertz CT molecular complexity index is 1340. The topological polar surface area (TPSA) is 61.2 Å². The van der Waals surface area contributed by atoms with Gasteiger partial charge in [0.2, 0.25) is 0 Å². The number of alkyl halides is 2. The van der Waals surface area contributed by atoms with Crippen LogP contribution >= 0.6 is 0 Å². The molecule has 176 valence electrons. The van der Waals surface area contributed by atoms with E-state index in [1.165, 1.54) is 12.1 Å². The predicted molar refractivity (Wildman–Crippen MR) is 123 cm³/mol. The van der Waals surface area contributed by atoms with Gasteiger partial charge in [0.1, 0.15) is 11.6 Å². The zero-order chi connectivity index (χ0) is 23.8. The van der Waals surface area contributed by atoms with Gasteiger partial charge in [-0.2, -0.15) is 5.10 Å². The van der Waals surface area contributed by atoms with Crippen LogP contribution < -0.4 is 10.1 Å². The number of benzene rings is 2. The zero-order valence-electron chi connectivity index (χ0n) is 18.6. The van der Waals surface area contributed by atoms with Crippen LogP contribution in [0.5, 0.6) is 5.75 Å². The Kier molecular flexibility index (Phi) is 5.87. The number of anilines is 1. The van der Waals surface area contributed by atoms with Gasteiger partial charge in [-0.3, -0.25) is 9.67 Å². The van der Waals surface area contributed by atoms with Gasteiger partial charge in [-0.15, -0.1) is 0 Å². The molecule has 2 aromatic carbocycles. The highest BCUT2D eigenvalue weighted by Crippen LogP contribution is 2.37. The van der Waals surface area contributed by atoms with E-state index in [0.29, 0.717) is 30.2 Å². The quantitative estimate of drug-likeness (QED) is 0.364. The van der Waals surface area contributed by atoms with Gasteiger partial charge >= 0.3 is 0 Å². The number of hydrogen-bond donors (Lipinski definition) is 1. The van der Waals surface area contributed by atoms with Crippen LogP contribution in [0.25, 0.3) is 22.0 Å². The summed E-state index contributed by atoms with van der Waals surface area (Å²) in [5.41, 5.74) is 2.65. The Morgan fingerprint density at radius 3 is 2.68 bits per heavy atom. The third-order valence-corrected chi connectivity index (χ3v) is 6.10. The number of fused-ring (bicyclic) bond motifs is 1. The molecule has 0 spiro atoms. The summed E-state index contributed by atoms with van der Waals surface area (Å²) >= 11 is 0. The summed E-state index contributed by atoms with van der Waals surface area (Å²) in [4.78, 5) is 4.45. The summed E-state index contributed by atoms with van der Waals surface area (Å²) in [6, 6.07) is 9.27. The van der Waals surface area contributed by atoms with Crippen molar-refractivity contribution in [2.75, 3.05) is 25.6 Å². The first-order valence-corrected chi connectivity index (χ1v) is 10.9. The standard InChI is InChI=1S/C25H23F3N4O2/c1-14(17-4-3-5-18(24(17)26)25(27)28)31-21-6-7-29-22-9-23(33-2)19(8-20(21)22)15-10-30-32(11-15)16-12-34-13-16/h3-11,14,16,25H,12-13H2,1-2H3,(H,29,31)/t14-/m1/s1. The normalized spacial score (nSPS) is 14.9. The number of ether oxygens (including phenoxy) is 2. The molecule has 1 atom stereocenters. The molecule has 34 heavy (non-hydrogen) atoms. The van der Waals surface area contributed by atoms with Gasteiger partial charge in [0.25, 0.3) is 6.43 Å². The molecule has 0 bridgehead atoms. The Labute approximate surface area is 194 Å². The summed E-state index contributed by atoms with van der Waals surface area (Å²) in [6.07, 6.45) is 2.49. The third-order valence-electron chi connectivity index (χ3n) is 6.10. The molecule has 0 unspecified atom stereocenters. The SMILES string of the molecule is COc1cc2nccc(N[C@H](C)c3cccc(C(F)F)c3F)c2cc1-c1cnn(C2COC2)c1. The highest BCUT2D eigenvalue weighted by Gasteiger charge is 2.23. The van der Waals surface area contributed by atoms with Crippen molar-refractivity contribution in [3.05, 3.63) is 71.9 Å². The molecular weight excluding hydrogens is 445 g/mol. The molecule has 0 amide bonds. The maximum atomic E-state index is 14.7. The molecule has 6 nitrogen and oxygen atoms in total. The van der Waals surface area contributed by atoms with Gasteiger partial charge in [0, 0.05) is 46.2 Å². The van der Waals surface area contributed by atoms with E-state index >= 15 is 0 Å². The summed E-state index contributed by atoms with van der Waals surface area (Å²) in [6.45, 7) is 3.00. The van der Waals surface area contributed by atoms with E-state index in [-0.39, 0.29) is 11.6 Å². The first-order chi connectivity index (χ1) is 16.5. The van der Waals surface area contributed by atoms with E-state index in [1.54, 1.807) is 32.5 Å². The van der Waals surface area contributed by atoms with E-state index in [1.807, 2.05) is 23.0 Å². The Hall–Kier alpha value is -3.59. The Balaban J connectivity index is 1.53. The van der Waals surface area contributed by atoms with Crippen LogP contribution in [0.4, 0.5) is 18.9 Å². The van der Waals surface area contributed by atoms with Crippen molar-refractivity contribution in [3.63, 3.8) is 0 Å². The molecule has 1 fully saturated rings. The fourth-order valence-corrected chi connectivity index (χ4v) is 4.13. The van der Waals surface area contributed by atoms with Crippen molar-refractivity contribution in [3.8, 4) is 16.9 Å². The minimum atomic E-state index is -2.88. The maximum absolute atomic E-state index is 14.7. The van der Waals surface area contributed by atoms with Crippen molar-refractivity contribution < 1.29 is 22.6 Å². The summed E-state index contributed by atoms with van der Waals surface area (Å²) in [7, 11) is 1.60. The number of pyridine rings is 1. The van der Waals surface area contributed by atoms with Crippen LogP contribution in [0.15, 0.2) is 55.0 Å². The van der Waals surface area contributed by atoms with Crippen LogP contribution in [-0.4, -0.2) is 35.1 Å². The van der Waals surface area contributed by atoms with Crippen LogP contribution in [0, 0.1) is 5.82 Å². The van der Waals surface area contributed by atoms with Crippen molar-refractivity contribution in [2.45, 2.75) is 25.4 Å². The lowest BCUT2D eigenvalue weighted by molar-refractivity contribution is -0.0286. The molecule has 0 saturated carbocycles. The second kappa shape index (κ2) is 8.98. The molecule has 1 aliphatic heterocycles. The molecule has 1 N–H and O–H groups in total. The second-order valence-electron chi connectivity index (χ2n) is 8.25. The van der Waals surface area contributed by atoms with E-state index in [0.717, 1.165) is 22.6 Å². The number of hydrogen-bond acceptors (Lipinski definition) is 5. The molecule has 4 aromatic rings.